The molecule has 0 amide bonds. The Labute approximate surface area is 394 Å². The molecule has 6 heteroatoms. The number of para-hydroxylation sites is 3. The minimum atomic E-state index is -4.03. The third-order valence-electron chi connectivity index (χ3n) is 14.3. The Morgan fingerprint density at radius 2 is 1.11 bits per heavy atom. The van der Waals surface area contributed by atoms with Crippen LogP contribution in [0.25, 0.3) is 50.3 Å². The fourth-order valence-corrected chi connectivity index (χ4v) is 15.6. The Morgan fingerprint density at radius 1 is 0.508 bits per heavy atom. The summed E-state index contributed by atoms with van der Waals surface area (Å²) in [6.07, 6.45) is 4.10. The van der Waals surface area contributed by atoms with Crippen molar-refractivity contribution in [3.05, 3.63) is 218 Å². The second-order valence-corrected chi connectivity index (χ2v) is 21.3. The van der Waals surface area contributed by atoms with E-state index in [0.29, 0.717) is 28.5 Å². The summed E-state index contributed by atoms with van der Waals surface area (Å²) in [5.74, 6) is 1.33. The number of rotatable bonds is 8. The number of anilines is 2. The van der Waals surface area contributed by atoms with Crippen LogP contribution in [0.1, 0.15) is 57.4 Å². The van der Waals surface area contributed by atoms with E-state index in [2.05, 4.69) is 71.8 Å². The average molecular weight is 865 g/mol. The summed E-state index contributed by atoms with van der Waals surface area (Å²) in [6.45, 7) is 4.72. The average Bonchev–Trinajstić information content (AvgIpc) is 3.88. The van der Waals surface area contributed by atoms with Crippen molar-refractivity contribution in [1.82, 2.24) is 19.5 Å². The SMILES string of the molecule is [2H]c1c([2H])c([2H])c(-c2c([2H])c([2H])c([2H])c([Si](c3ccccc3)(c3ccccc3)c3cccc(-c4nc(N5c6ccccc6C6(C)CCCCC56C)nc(-n5c6ccccc6c6ccccc65)n4)c3)c2[2H])c([2H])c1[2H]. The van der Waals surface area contributed by atoms with E-state index in [1.165, 1.54) is 5.56 Å². The number of aromatic nitrogens is 4. The van der Waals surface area contributed by atoms with Gasteiger partial charge in [0.1, 0.15) is 0 Å². The van der Waals surface area contributed by atoms with Crippen LogP contribution in [-0.2, 0) is 5.41 Å². The molecule has 2 atom stereocenters. The second-order valence-electron chi connectivity index (χ2n) is 17.6. The van der Waals surface area contributed by atoms with Crippen LogP contribution < -0.4 is 25.6 Å². The summed E-state index contributed by atoms with van der Waals surface area (Å²) in [6, 6.07) is 47.4. The lowest BCUT2D eigenvalue weighted by Gasteiger charge is -2.49. The van der Waals surface area contributed by atoms with Crippen LogP contribution in [0.2, 0.25) is 0 Å². The third-order valence-corrected chi connectivity index (χ3v) is 18.9. The van der Waals surface area contributed by atoms with Crippen molar-refractivity contribution in [3.63, 3.8) is 0 Å². The van der Waals surface area contributed by atoms with Gasteiger partial charge in [-0.25, -0.2) is 0 Å². The van der Waals surface area contributed by atoms with Crippen LogP contribution in [0.3, 0.4) is 0 Å². The Balaban J connectivity index is 1.18. The molecule has 10 aromatic rings. The zero-order valence-electron chi connectivity index (χ0n) is 45.1. The van der Waals surface area contributed by atoms with Gasteiger partial charge in [-0.2, -0.15) is 15.0 Å². The fourth-order valence-electron chi connectivity index (χ4n) is 11.1. The van der Waals surface area contributed by atoms with Gasteiger partial charge < -0.3 is 4.90 Å². The molecule has 1 saturated carbocycles. The van der Waals surface area contributed by atoms with Crippen molar-refractivity contribution in [2.45, 2.75) is 50.5 Å². The first-order valence-corrected chi connectivity index (χ1v) is 24.3. The van der Waals surface area contributed by atoms with Crippen LogP contribution in [0.15, 0.2) is 212 Å². The molecular weight excluding hydrogens is 807 g/mol. The van der Waals surface area contributed by atoms with Gasteiger partial charge in [0.05, 0.1) is 28.9 Å². The molecule has 65 heavy (non-hydrogen) atoms. The summed E-state index contributed by atoms with van der Waals surface area (Å²) in [5.41, 5.74) is 3.58. The van der Waals surface area contributed by atoms with Gasteiger partial charge in [0.15, 0.2) is 13.9 Å². The van der Waals surface area contributed by atoms with E-state index in [9.17, 15) is 5.48 Å². The van der Waals surface area contributed by atoms with Crippen molar-refractivity contribution in [3.8, 4) is 28.5 Å². The maximum absolute atomic E-state index is 10.2. The first-order valence-electron chi connectivity index (χ1n) is 26.8. The minimum Gasteiger partial charge on any atom is -0.303 e. The van der Waals surface area contributed by atoms with Gasteiger partial charge in [0, 0.05) is 27.4 Å². The maximum atomic E-state index is 10.2. The molecule has 12 rings (SSSR count). The topological polar surface area (TPSA) is 46.8 Å². The Morgan fingerprint density at radius 3 is 1.83 bits per heavy atom. The predicted octanol–water partition coefficient (Wildman–Crippen LogP) is 11.4. The lowest BCUT2D eigenvalue weighted by atomic mass is 9.61. The highest BCUT2D eigenvalue weighted by Gasteiger charge is 2.58. The molecular formula is C59H49N5Si. The molecule has 1 fully saturated rings. The molecule has 0 bridgehead atoms. The van der Waals surface area contributed by atoms with E-state index >= 15 is 0 Å². The number of fused-ring (bicyclic) bond motifs is 6. The quantitative estimate of drug-likeness (QED) is 0.113. The lowest BCUT2D eigenvalue weighted by Crippen LogP contribution is -2.74. The minimum absolute atomic E-state index is 0.135. The molecule has 2 aromatic heterocycles. The molecule has 1 aliphatic heterocycles. The van der Waals surface area contributed by atoms with Gasteiger partial charge in [0.25, 0.3) is 0 Å². The zero-order valence-corrected chi connectivity index (χ0v) is 37.1. The molecule has 0 radical (unpaired) electrons. The highest BCUT2D eigenvalue weighted by Crippen LogP contribution is 2.60. The third kappa shape index (κ3) is 6.00. The van der Waals surface area contributed by atoms with Crippen LogP contribution in [0.5, 0.6) is 0 Å². The highest BCUT2D eigenvalue weighted by atomic mass is 28.3. The standard InChI is InChI=1S/C59H49N5Si/c1-58-38-18-19-39-59(58,2)64(54-37-17-14-34-51(54)58)57-61-55(60-56(62-57)63-52-35-15-12-32-49(52)50-33-13-16-36-53(50)63)44-25-21-31-48(41-44)65(45-26-8-4-9-27-45,46-28-10-5-11-29-46)47-30-20-24-43(40-47)42-22-6-3-7-23-42/h3-17,20-37,40-41H,18-19,38-39H2,1-2H3/i3D,6D,7D,20D,22D,23D,24D,30D,40D. The molecule has 2 aliphatic rings. The molecule has 5 nitrogen and oxygen atoms in total. The van der Waals surface area contributed by atoms with E-state index in [-0.39, 0.29) is 39.4 Å². The number of hydrogen-bond acceptors (Lipinski definition) is 4. The Hall–Kier alpha value is -7.41. The first-order chi connectivity index (χ1) is 35.7. The van der Waals surface area contributed by atoms with Crippen molar-refractivity contribution >= 4 is 62.3 Å². The van der Waals surface area contributed by atoms with Crippen molar-refractivity contribution < 1.29 is 12.3 Å². The normalized spacial score (nSPS) is 20.1. The lowest BCUT2D eigenvalue weighted by molar-refractivity contribution is 0.193. The van der Waals surface area contributed by atoms with Crippen LogP contribution in [0, 0.1) is 0 Å². The molecule has 3 heterocycles. The van der Waals surface area contributed by atoms with Gasteiger partial charge in [0.2, 0.25) is 11.9 Å². The number of nitrogens with zero attached hydrogens (tertiary/aromatic N) is 5. The fraction of sp³-hybridized carbons (Fsp3) is 0.136. The van der Waals surface area contributed by atoms with Crippen molar-refractivity contribution in [1.29, 1.82) is 0 Å². The molecule has 0 N–H and O–H groups in total. The van der Waals surface area contributed by atoms with Crippen LogP contribution in [0.4, 0.5) is 11.6 Å². The van der Waals surface area contributed by atoms with Gasteiger partial charge in [-0.15, -0.1) is 0 Å². The summed E-state index contributed by atoms with van der Waals surface area (Å²) in [4.78, 5) is 18.8. The highest BCUT2D eigenvalue weighted by molar-refractivity contribution is 7.20. The number of benzene rings is 8. The summed E-state index contributed by atoms with van der Waals surface area (Å²) < 4.78 is 84.5. The van der Waals surface area contributed by atoms with E-state index < -0.39 is 50.4 Å². The maximum Gasteiger partial charge on any atom is 0.240 e. The first kappa shape index (κ1) is 30.6. The molecule has 1 aliphatic carbocycles. The smallest absolute Gasteiger partial charge is 0.240 e. The van der Waals surface area contributed by atoms with Gasteiger partial charge in [-0.1, -0.05) is 214 Å². The monoisotopic (exact) mass is 864 g/mol. The van der Waals surface area contributed by atoms with Crippen molar-refractivity contribution in [2.75, 3.05) is 4.90 Å². The molecule has 0 spiro atoms. The summed E-state index contributed by atoms with van der Waals surface area (Å²) in [7, 11) is -4.03. The second kappa shape index (κ2) is 15.4. The largest absolute Gasteiger partial charge is 0.303 e. The number of hydrogen-bond donors (Lipinski definition) is 0. The van der Waals surface area contributed by atoms with E-state index in [0.717, 1.165) is 63.5 Å². The molecule has 314 valence electrons. The Bertz CT molecular complexity index is 3810. The van der Waals surface area contributed by atoms with E-state index in [1.807, 2.05) is 109 Å². The van der Waals surface area contributed by atoms with Crippen molar-refractivity contribution in [2.24, 2.45) is 0 Å². The molecule has 0 saturated heterocycles. The van der Waals surface area contributed by atoms with Crippen LogP contribution >= 0.6 is 0 Å². The zero-order chi connectivity index (χ0) is 51.4. The van der Waals surface area contributed by atoms with Crippen LogP contribution in [-0.4, -0.2) is 33.1 Å². The Kier molecular flexibility index (Phi) is 7.25. The summed E-state index contributed by atoms with van der Waals surface area (Å²) in [5, 5.41) is 4.47. The molecule has 2 unspecified atom stereocenters. The van der Waals surface area contributed by atoms with E-state index in [1.54, 1.807) is 0 Å². The predicted molar refractivity (Wildman–Crippen MR) is 271 cm³/mol. The summed E-state index contributed by atoms with van der Waals surface area (Å²) >= 11 is 0. The molecule has 8 aromatic carbocycles. The van der Waals surface area contributed by atoms with E-state index in [4.69, 9.17) is 21.8 Å². The van der Waals surface area contributed by atoms with Gasteiger partial charge in [-0.3, -0.25) is 4.57 Å². The van der Waals surface area contributed by atoms with Gasteiger partial charge in [-0.05, 0) is 75.4 Å². The van der Waals surface area contributed by atoms with Gasteiger partial charge >= 0.3 is 0 Å².